The Balaban J connectivity index is 1.83. The van der Waals surface area contributed by atoms with Crippen LogP contribution in [0.3, 0.4) is 0 Å². The lowest BCUT2D eigenvalue weighted by Gasteiger charge is -1.98. The molecule has 1 saturated carbocycles. The zero-order chi connectivity index (χ0) is 6.97. The topological polar surface area (TPSA) is 0 Å². The van der Waals surface area contributed by atoms with Crippen LogP contribution in [0, 0.1) is 11.8 Å². The molecule has 0 heterocycles. The van der Waals surface area contributed by atoms with Crippen molar-refractivity contribution in [1.29, 1.82) is 0 Å². The molecular formula is C10H14. The van der Waals surface area contributed by atoms with Gasteiger partial charge in [0.1, 0.15) is 0 Å². The first-order chi connectivity index (χ1) is 4.90. The van der Waals surface area contributed by atoms with Gasteiger partial charge in [0, 0.05) is 0 Å². The zero-order valence-corrected chi connectivity index (χ0v) is 6.34. The van der Waals surface area contributed by atoms with E-state index in [2.05, 4.69) is 12.7 Å². The summed E-state index contributed by atoms with van der Waals surface area (Å²) in [5.41, 5.74) is 1.70. The maximum absolute atomic E-state index is 3.72. The number of hydrogen-bond acceptors (Lipinski definition) is 0. The molecule has 2 aliphatic carbocycles. The maximum Gasteiger partial charge on any atom is -0.0196 e. The molecule has 0 aliphatic heterocycles. The van der Waals surface area contributed by atoms with Crippen LogP contribution in [0.4, 0.5) is 0 Å². The Morgan fingerprint density at radius 3 is 3.20 bits per heavy atom. The van der Waals surface area contributed by atoms with Crippen molar-refractivity contribution in [1.82, 2.24) is 0 Å². The van der Waals surface area contributed by atoms with Crippen molar-refractivity contribution in [3.63, 3.8) is 0 Å². The Labute approximate surface area is 62.6 Å². The van der Waals surface area contributed by atoms with Crippen LogP contribution < -0.4 is 0 Å². The Kier molecular flexibility index (Phi) is 1.40. The lowest BCUT2D eigenvalue weighted by Crippen LogP contribution is -1.80. The molecule has 0 spiro atoms. The summed E-state index contributed by atoms with van der Waals surface area (Å²) in [6.07, 6.45) is 9.84. The third kappa shape index (κ3) is 1.03. The van der Waals surface area contributed by atoms with Gasteiger partial charge < -0.3 is 0 Å². The molecule has 54 valence electrons. The van der Waals surface area contributed by atoms with E-state index in [-0.39, 0.29) is 0 Å². The highest BCUT2D eigenvalue weighted by Gasteiger charge is 2.39. The molecule has 0 heteroatoms. The lowest BCUT2D eigenvalue weighted by atomic mass is 10.1. The fourth-order valence-electron chi connectivity index (χ4n) is 1.89. The van der Waals surface area contributed by atoms with Gasteiger partial charge in [-0.3, -0.25) is 0 Å². The number of hydrogen-bond donors (Lipinski definition) is 0. The normalized spacial score (nSPS) is 35.0. The summed E-state index contributed by atoms with van der Waals surface area (Å²) >= 11 is 0. The number of fused-ring (bicyclic) bond motifs is 1. The second-order valence-corrected chi connectivity index (χ2v) is 3.52. The predicted octanol–water partition coefficient (Wildman–Crippen LogP) is 2.92. The minimum absolute atomic E-state index is 1.000. The van der Waals surface area contributed by atoms with Gasteiger partial charge in [-0.15, -0.1) is 6.58 Å². The number of allylic oxidation sites excluding steroid dienone is 3. The van der Waals surface area contributed by atoms with Gasteiger partial charge in [0.25, 0.3) is 0 Å². The Morgan fingerprint density at radius 1 is 1.70 bits per heavy atom. The Morgan fingerprint density at radius 2 is 2.60 bits per heavy atom. The first-order valence-corrected chi connectivity index (χ1v) is 4.20. The molecule has 0 aromatic rings. The Hall–Kier alpha value is -0.520. The van der Waals surface area contributed by atoms with Gasteiger partial charge in [-0.05, 0) is 37.5 Å². The molecule has 2 rings (SSSR count). The highest BCUT2D eigenvalue weighted by atomic mass is 14.4. The van der Waals surface area contributed by atoms with Crippen molar-refractivity contribution in [2.24, 2.45) is 11.8 Å². The molecular weight excluding hydrogens is 120 g/mol. The van der Waals surface area contributed by atoms with Crippen molar-refractivity contribution in [3.05, 3.63) is 24.3 Å². The van der Waals surface area contributed by atoms with Crippen LogP contribution in [-0.2, 0) is 0 Å². The molecule has 0 radical (unpaired) electrons. The molecule has 0 N–H and O–H groups in total. The monoisotopic (exact) mass is 134 g/mol. The maximum atomic E-state index is 3.72. The van der Waals surface area contributed by atoms with E-state index in [9.17, 15) is 0 Å². The SMILES string of the molecule is C=CCCC1=CC2CC2C1. The standard InChI is InChI=1S/C10H14/c1-2-3-4-8-5-9-7-10(9)6-8/h2,5,9-10H,1,3-4,6-7H2. The van der Waals surface area contributed by atoms with Crippen LogP contribution in [0.25, 0.3) is 0 Å². The summed E-state index contributed by atoms with van der Waals surface area (Å²) in [4.78, 5) is 0. The molecule has 1 fully saturated rings. The van der Waals surface area contributed by atoms with Crippen molar-refractivity contribution in [2.45, 2.75) is 25.7 Å². The van der Waals surface area contributed by atoms with Crippen LogP contribution in [-0.4, -0.2) is 0 Å². The van der Waals surface area contributed by atoms with Crippen molar-refractivity contribution >= 4 is 0 Å². The Bertz CT molecular complexity index is 176. The fraction of sp³-hybridized carbons (Fsp3) is 0.600. The molecule has 0 bridgehead atoms. The van der Waals surface area contributed by atoms with Gasteiger partial charge in [-0.1, -0.05) is 17.7 Å². The van der Waals surface area contributed by atoms with Gasteiger partial charge in [-0.2, -0.15) is 0 Å². The largest absolute Gasteiger partial charge is 0.103 e. The minimum Gasteiger partial charge on any atom is -0.103 e. The average Bonchev–Trinajstić information content (AvgIpc) is 2.56. The summed E-state index contributed by atoms with van der Waals surface area (Å²) in [7, 11) is 0. The van der Waals surface area contributed by atoms with E-state index in [1.54, 1.807) is 5.57 Å². The summed E-state index contributed by atoms with van der Waals surface area (Å²) in [5.74, 6) is 2.07. The van der Waals surface area contributed by atoms with Crippen molar-refractivity contribution in [3.8, 4) is 0 Å². The number of rotatable bonds is 3. The minimum atomic E-state index is 1.000. The summed E-state index contributed by atoms with van der Waals surface area (Å²) < 4.78 is 0. The third-order valence-electron chi connectivity index (χ3n) is 2.62. The molecule has 0 amide bonds. The van der Waals surface area contributed by atoms with Crippen LogP contribution in [0.2, 0.25) is 0 Å². The van der Waals surface area contributed by atoms with E-state index in [0.717, 1.165) is 11.8 Å². The second kappa shape index (κ2) is 2.26. The molecule has 10 heavy (non-hydrogen) atoms. The van der Waals surface area contributed by atoms with E-state index < -0.39 is 0 Å². The highest BCUT2D eigenvalue weighted by molar-refractivity contribution is 5.21. The molecule has 0 aromatic carbocycles. The van der Waals surface area contributed by atoms with E-state index in [1.165, 1.54) is 25.7 Å². The van der Waals surface area contributed by atoms with Gasteiger partial charge in [0.05, 0.1) is 0 Å². The first-order valence-electron chi connectivity index (χ1n) is 4.20. The molecule has 2 unspecified atom stereocenters. The first kappa shape index (κ1) is 6.21. The second-order valence-electron chi connectivity index (χ2n) is 3.52. The summed E-state index contributed by atoms with van der Waals surface area (Å²) in [5, 5.41) is 0. The van der Waals surface area contributed by atoms with E-state index >= 15 is 0 Å². The van der Waals surface area contributed by atoms with E-state index in [0.29, 0.717) is 0 Å². The van der Waals surface area contributed by atoms with Crippen molar-refractivity contribution < 1.29 is 0 Å². The molecule has 0 saturated heterocycles. The zero-order valence-electron chi connectivity index (χ0n) is 6.34. The quantitative estimate of drug-likeness (QED) is 0.520. The fourth-order valence-corrected chi connectivity index (χ4v) is 1.89. The van der Waals surface area contributed by atoms with Gasteiger partial charge >= 0.3 is 0 Å². The molecule has 0 aromatic heterocycles. The van der Waals surface area contributed by atoms with Gasteiger partial charge in [0.15, 0.2) is 0 Å². The smallest absolute Gasteiger partial charge is 0.0196 e. The van der Waals surface area contributed by atoms with Gasteiger partial charge in [-0.25, -0.2) is 0 Å². The molecule has 2 atom stereocenters. The van der Waals surface area contributed by atoms with E-state index in [4.69, 9.17) is 0 Å². The highest BCUT2D eigenvalue weighted by Crippen LogP contribution is 2.50. The summed E-state index contributed by atoms with van der Waals surface area (Å²) in [6.45, 7) is 3.72. The van der Waals surface area contributed by atoms with E-state index in [1.807, 2.05) is 6.08 Å². The predicted molar refractivity (Wildman–Crippen MR) is 43.7 cm³/mol. The van der Waals surface area contributed by atoms with Gasteiger partial charge in [0.2, 0.25) is 0 Å². The average molecular weight is 134 g/mol. The third-order valence-corrected chi connectivity index (χ3v) is 2.62. The van der Waals surface area contributed by atoms with Crippen LogP contribution in [0.15, 0.2) is 24.3 Å². The molecule has 0 nitrogen and oxygen atoms in total. The van der Waals surface area contributed by atoms with Crippen molar-refractivity contribution in [2.75, 3.05) is 0 Å². The van der Waals surface area contributed by atoms with Crippen LogP contribution in [0.1, 0.15) is 25.7 Å². The lowest BCUT2D eigenvalue weighted by molar-refractivity contribution is 0.791. The summed E-state index contributed by atoms with van der Waals surface area (Å²) in [6, 6.07) is 0. The molecule has 2 aliphatic rings. The van der Waals surface area contributed by atoms with Crippen LogP contribution in [0.5, 0.6) is 0 Å². The van der Waals surface area contributed by atoms with Crippen LogP contribution >= 0.6 is 0 Å².